The van der Waals surface area contributed by atoms with E-state index < -0.39 is 0 Å². The first-order valence-corrected chi connectivity index (χ1v) is 9.11. The summed E-state index contributed by atoms with van der Waals surface area (Å²) in [5, 5.41) is 0. The molecular formula is C20H27NO3. The molecule has 2 fully saturated rings. The Morgan fingerprint density at radius 3 is 2.75 bits per heavy atom. The number of carbonyl (C=O) groups excluding carboxylic acids is 2. The van der Waals surface area contributed by atoms with Crippen LogP contribution in [0.2, 0.25) is 0 Å². The van der Waals surface area contributed by atoms with Gasteiger partial charge in [-0.2, -0.15) is 0 Å². The average Bonchev–Trinajstić information content (AvgIpc) is 2.85. The highest BCUT2D eigenvalue weighted by Gasteiger charge is 2.37. The second kappa shape index (κ2) is 7.37. The molecule has 1 aliphatic carbocycles. The molecule has 0 N–H and O–H groups in total. The number of amides is 1. The van der Waals surface area contributed by atoms with E-state index in [-0.39, 0.29) is 23.9 Å². The van der Waals surface area contributed by atoms with Gasteiger partial charge >= 0.3 is 5.97 Å². The number of hydrogen-bond donors (Lipinski definition) is 0. The standard InChI is InChI=1S/C20H27NO3/c1-14-7-6-8-16(19(22)21-11-4-3-5-12-21)9-10-17-15(2)20(23)24-18(17)13-14/h8,13,17-18H,2-7,9-12H2,1H3/b14-13?,16-8+/t17-,18+/m1/s1. The molecule has 2 heterocycles. The van der Waals surface area contributed by atoms with E-state index in [1.54, 1.807) is 0 Å². The average molecular weight is 329 g/mol. The smallest absolute Gasteiger partial charge is 0.334 e. The SMILES string of the molecule is C=C1C(=O)O[C@H]2C=C(C)CC/C=C(/C(=O)N3CCCCC3)CC[C@H]12. The molecular weight excluding hydrogens is 302 g/mol. The lowest BCUT2D eigenvalue weighted by molar-refractivity contribution is -0.137. The predicted octanol–water partition coefficient (Wildman–Crippen LogP) is 3.54. The lowest BCUT2D eigenvalue weighted by atomic mass is 9.87. The summed E-state index contributed by atoms with van der Waals surface area (Å²) in [7, 11) is 0. The summed E-state index contributed by atoms with van der Waals surface area (Å²) < 4.78 is 5.46. The fraction of sp³-hybridized carbons (Fsp3) is 0.600. The summed E-state index contributed by atoms with van der Waals surface area (Å²) in [6, 6.07) is 0. The number of allylic oxidation sites excluding steroid dienone is 2. The van der Waals surface area contributed by atoms with E-state index in [0.717, 1.165) is 50.8 Å². The van der Waals surface area contributed by atoms with Crippen LogP contribution < -0.4 is 0 Å². The highest BCUT2D eigenvalue weighted by molar-refractivity contribution is 5.94. The number of hydrogen-bond acceptors (Lipinski definition) is 3. The van der Waals surface area contributed by atoms with Gasteiger partial charge < -0.3 is 9.64 Å². The molecule has 0 unspecified atom stereocenters. The molecule has 0 radical (unpaired) electrons. The van der Waals surface area contributed by atoms with E-state index in [9.17, 15) is 9.59 Å². The molecule has 3 aliphatic rings. The minimum atomic E-state index is -0.291. The highest BCUT2D eigenvalue weighted by Crippen LogP contribution is 2.34. The van der Waals surface area contributed by atoms with Gasteiger partial charge in [0, 0.05) is 30.2 Å². The first-order valence-electron chi connectivity index (χ1n) is 9.11. The summed E-state index contributed by atoms with van der Waals surface area (Å²) in [6.07, 6.45) is 10.6. The van der Waals surface area contributed by atoms with Gasteiger partial charge in [-0.05, 0) is 57.9 Å². The van der Waals surface area contributed by atoms with Crippen LogP contribution in [0.4, 0.5) is 0 Å². The van der Waals surface area contributed by atoms with Crippen molar-refractivity contribution in [2.24, 2.45) is 5.92 Å². The van der Waals surface area contributed by atoms with Gasteiger partial charge in [-0.1, -0.05) is 18.2 Å². The van der Waals surface area contributed by atoms with Crippen LogP contribution in [0.15, 0.2) is 35.5 Å². The van der Waals surface area contributed by atoms with Crippen molar-refractivity contribution in [3.8, 4) is 0 Å². The van der Waals surface area contributed by atoms with Crippen molar-refractivity contribution >= 4 is 11.9 Å². The van der Waals surface area contributed by atoms with Gasteiger partial charge in [0.2, 0.25) is 5.91 Å². The summed E-state index contributed by atoms with van der Waals surface area (Å²) in [5.74, 6) is -0.117. The van der Waals surface area contributed by atoms with E-state index in [4.69, 9.17) is 4.74 Å². The molecule has 0 saturated carbocycles. The Kier molecular flexibility index (Phi) is 5.22. The molecule has 4 heteroatoms. The van der Waals surface area contributed by atoms with Crippen molar-refractivity contribution in [2.75, 3.05) is 13.1 Å². The largest absolute Gasteiger partial charge is 0.454 e. The Morgan fingerprint density at radius 1 is 1.25 bits per heavy atom. The second-order valence-corrected chi connectivity index (χ2v) is 7.17. The van der Waals surface area contributed by atoms with Crippen molar-refractivity contribution < 1.29 is 14.3 Å². The van der Waals surface area contributed by atoms with Gasteiger partial charge in [0.25, 0.3) is 0 Å². The monoisotopic (exact) mass is 329 g/mol. The van der Waals surface area contributed by atoms with Crippen LogP contribution in [0.3, 0.4) is 0 Å². The molecule has 2 aliphatic heterocycles. The number of fused-ring (bicyclic) bond motifs is 1. The number of esters is 1. The van der Waals surface area contributed by atoms with E-state index >= 15 is 0 Å². The van der Waals surface area contributed by atoms with Gasteiger partial charge in [-0.15, -0.1) is 0 Å². The van der Waals surface area contributed by atoms with Gasteiger partial charge in [0.05, 0.1) is 0 Å². The maximum Gasteiger partial charge on any atom is 0.334 e. The minimum absolute atomic E-state index is 0.0110. The fourth-order valence-electron chi connectivity index (χ4n) is 3.86. The maximum absolute atomic E-state index is 12.9. The Balaban J connectivity index is 1.77. The van der Waals surface area contributed by atoms with Crippen LogP contribution in [0.5, 0.6) is 0 Å². The van der Waals surface area contributed by atoms with Crippen LogP contribution in [-0.2, 0) is 14.3 Å². The zero-order valence-electron chi connectivity index (χ0n) is 14.6. The Hall–Kier alpha value is -1.84. The summed E-state index contributed by atoms with van der Waals surface area (Å²) in [4.78, 5) is 26.7. The Morgan fingerprint density at radius 2 is 2.00 bits per heavy atom. The Bertz CT molecular complexity index is 596. The van der Waals surface area contributed by atoms with Crippen molar-refractivity contribution in [1.82, 2.24) is 4.90 Å². The predicted molar refractivity (Wildman–Crippen MR) is 93.2 cm³/mol. The van der Waals surface area contributed by atoms with Crippen molar-refractivity contribution in [1.29, 1.82) is 0 Å². The van der Waals surface area contributed by atoms with E-state index in [1.807, 2.05) is 4.90 Å². The third-order valence-electron chi connectivity index (χ3n) is 5.37. The van der Waals surface area contributed by atoms with Gasteiger partial charge in [-0.25, -0.2) is 4.79 Å². The quantitative estimate of drug-likeness (QED) is 0.420. The second-order valence-electron chi connectivity index (χ2n) is 7.17. The van der Waals surface area contributed by atoms with Crippen LogP contribution in [0.1, 0.15) is 51.9 Å². The van der Waals surface area contributed by atoms with Crippen LogP contribution in [0, 0.1) is 5.92 Å². The topological polar surface area (TPSA) is 46.6 Å². The number of piperidine rings is 1. The van der Waals surface area contributed by atoms with Gasteiger partial charge in [0.15, 0.2) is 0 Å². The molecule has 130 valence electrons. The van der Waals surface area contributed by atoms with Gasteiger partial charge in [-0.3, -0.25) is 4.79 Å². The fourth-order valence-corrected chi connectivity index (χ4v) is 3.86. The zero-order valence-corrected chi connectivity index (χ0v) is 14.6. The first-order chi connectivity index (χ1) is 11.6. The zero-order chi connectivity index (χ0) is 17.1. The van der Waals surface area contributed by atoms with Crippen molar-refractivity contribution in [3.63, 3.8) is 0 Å². The van der Waals surface area contributed by atoms with Crippen LogP contribution >= 0.6 is 0 Å². The van der Waals surface area contributed by atoms with Crippen molar-refractivity contribution in [3.05, 3.63) is 35.5 Å². The summed E-state index contributed by atoms with van der Waals surface area (Å²) in [6.45, 7) is 7.72. The molecule has 3 rings (SSSR count). The van der Waals surface area contributed by atoms with E-state index in [0.29, 0.717) is 12.0 Å². The normalized spacial score (nSPS) is 30.8. The lowest BCUT2D eigenvalue weighted by Crippen LogP contribution is -2.36. The minimum Gasteiger partial charge on any atom is -0.454 e. The number of rotatable bonds is 1. The number of nitrogens with zero attached hydrogens (tertiary/aromatic N) is 1. The molecule has 0 spiro atoms. The van der Waals surface area contributed by atoms with Gasteiger partial charge in [0.1, 0.15) is 6.10 Å². The maximum atomic E-state index is 12.9. The molecule has 0 aromatic heterocycles. The van der Waals surface area contributed by atoms with Crippen LogP contribution in [0.25, 0.3) is 0 Å². The molecule has 0 aromatic rings. The lowest BCUT2D eigenvalue weighted by Gasteiger charge is -2.28. The molecule has 0 aromatic carbocycles. The molecule has 0 bridgehead atoms. The van der Waals surface area contributed by atoms with Crippen LogP contribution in [-0.4, -0.2) is 36.0 Å². The van der Waals surface area contributed by atoms with E-state index in [1.165, 1.54) is 12.0 Å². The third-order valence-corrected chi connectivity index (χ3v) is 5.37. The molecule has 2 atom stereocenters. The molecule has 1 amide bonds. The first kappa shape index (κ1) is 17.0. The molecule has 2 saturated heterocycles. The Labute approximate surface area is 144 Å². The van der Waals surface area contributed by atoms with Crippen molar-refractivity contribution in [2.45, 2.75) is 58.0 Å². The highest BCUT2D eigenvalue weighted by atomic mass is 16.5. The molecule has 24 heavy (non-hydrogen) atoms. The number of likely N-dealkylation sites (tertiary alicyclic amines) is 1. The molecule has 4 nitrogen and oxygen atoms in total. The summed E-state index contributed by atoms with van der Waals surface area (Å²) in [5.41, 5.74) is 2.65. The number of carbonyl (C=O) groups is 2. The number of ether oxygens (including phenoxy) is 1. The van der Waals surface area contributed by atoms with E-state index in [2.05, 4.69) is 25.7 Å². The summed E-state index contributed by atoms with van der Waals surface area (Å²) >= 11 is 0. The third kappa shape index (κ3) is 3.63.